The zero-order valence-corrected chi connectivity index (χ0v) is 13.8. The Morgan fingerprint density at radius 1 is 0.812 bits per heavy atom. The van der Waals surface area contributed by atoms with Crippen molar-refractivity contribution in [3.63, 3.8) is 0 Å². The van der Waals surface area contributed by atoms with Crippen molar-refractivity contribution in [3.8, 4) is 0 Å². The van der Waals surface area contributed by atoms with E-state index < -0.39 is 18.0 Å². The normalized spacial score (nSPS) is 4.06. The van der Waals surface area contributed by atoms with Gasteiger partial charge in [-0.1, -0.05) is 0 Å². The summed E-state index contributed by atoms with van der Waals surface area (Å²) >= 11 is -3.61. The predicted molar refractivity (Wildman–Crippen MR) is 37.7 cm³/mol. The van der Waals surface area contributed by atoms with Gasteiger partial charge in [-0.2, -0.15) is 0 Å². The van der Waals surface area contributed by atoms with Crippen molar-refractivity contribution in [3.05, 3.63) is 0 Å². The fourth-order valence-electron chi connectivity index (χ4n) is 0. The molecule has 0 amide bonds. The fourth-order valence-corrected chi connectivity index (χ4v) is 0. The third-order valence-electron chi connectivity index (χ3n) is 0.167. The maximum atomic E-state index is 8.81. The molecule has 14 N–H and O–H groups in total. The molecular weight excluding hydrogens is 496 g/mol. The van der Waals surface area contributed by atoms with E-state index in [0.717, 1.165) is 0 Å². The number of hydrogen-bond acceptors (Lipinski definition) is 3. The van der Waals surface area contributed by atoms with Crippen molar-refractivity contribution in [1.82, 2.24) is 0 Å². The summed E-state index contributed by atoms with van der Waals surface area (Å²) < 4.78 is 23.3. The minimum atomic E-state index is -3.61. The van der Waals surface area contributed by atoms with Gasteiger partial charge in [0.25, 0.3) is 0 Å². The molecule has 0 heterocycles. The van der Waals surface area contributed by atoms with Crippen LogP contribution < -0.4 is 11.5 Å². The van der Waals surface area contributed by atoms with E-state index in [1.165, 1.54) is 0 Å². The molecule has 0 bridgehead atoms. The molecule has 14 heteroatoms. The van der Waals surface area contributed by atoms with E-state index in [1.807, 2.05) is 0 Å². The molecular formula is C2H18Co4MoN2O7+2. The summed E-state index contributed by atoms with van der Waals surface area (Å²) in [4.78, 5) is 0. The zero-order chi connectivity index (χ0) is 6.99. The summed E-state index contributed by atoms with van der Waals surface area (Å²) in [7, 11) is 0. The van der Waals surface area contributed by atoms with Crippen LogP contribution in [0.5, 0.6) is 0 Å². The van der Waals surface area contributed by atoms with Gasteiger partial charge >= 0.3 is 45.7 Å². The van der Waals surface area contributed by atoms with Gasteiger partial charge < -0.3 is 33.4 Å². The molecule has 0 unspecified atom stereocenters. The average Bonchev–Trinajstić information content (AvgIpc) is 1.65. The molecule has 0 aromatic heterocycles. The Morgan fingerprint density at radius 3 is 0.875 bits per heavy atom. The van der Waals surface area contributed by atoms with E-state index in [-0.39, 0.29) is 89.0 Å². The van der Waals surface area contributed by atoms with Crippen LogP contribution >= 0.6 is 0 Å². The van der Waals surface area contributed by atoms with E-state index in [1.54, 1.807) is 0 Å². The van der Waals surface area contributed by atoms with Crippen molar-refractivity contribution < 1.29 is 118 Å². The Balaban J connectivity index is -0.00000000375. The van der Waals surface area contributed by atoms with E-state index in [0.29, 0.717) is 13.1 Å². The first-order chi connectivity index (χ1) is 3.65. The molecule has 118 valence electrons. The van der Waals surface area contributed by atoms with Gasteiger partial charge in [-0.25, -0.2) is 0 Å². The maximum absolute atomic E-state index is 8.81. The first kappa shape index (κ1) is 80.1. The molecule has 0 atom stereocenters. The molecule has 0 saturated carbocycles. The van der Waals surface area contributed by atoms with Crippen LogP contribution in [0.2, 0.25) is 0 Å². The molecule has 16 heavy (non-hydrogen) atoms. The van der Waals surface area contributed by atoms with Crippen molar-refractivity contribution in [1.29, 1.82) is 0 Å². The Labute approximate surface area is 141 Å². The third-order valence-corrected chi connectivity index (χ3v) is 0.167. The molecule has 0 aromatic carbocycles. The van der Waals surface area contributed by atoms with Gasteiger partial charge in [-0.3, -0.25) is 0 Å². The van der Waals surface area contributed by atoms with Crippen LogP contribution in [0.3, 0.4) is 0 Å². The first-order valence-corrected chi connectivity index (χ1v) is 4.46. The van der Waals surface area contributed by atoms with E-state index in [2.05, 4.69) is 0 Å². The van der Waals surface area contributed by atoms with Crippen molar-refractivity contribution in [2.75, 3.05) is 13.1 Å². The second-order valence-electron chi connectivity index (χ2n) is 0.808. The molecule has 9 nitrogen and oxygen atoms in total. The molecule has 0 saturated heterocycles. The molecule has 0 rings (SSSR count). The van der Waals surface area contributed by atoms with Crippen LogP contribution in [0.15, 0.2) is 0 Å². The van der Waals surface area contributed by atoms with Gasteiger partial charge in [0, 0.05) is 63.4 Å². The summed E-state index contributed by atoms with van der Waals surface area (Å²) in [6.07, 6.45) is 0. The van der Waals surface area contributed by atoms with Crippen molar-refractivity contribution in [2.45, 2.75) is 0 Å². The Bertz CT molecular complexity index is 70.3. The molecule has 4 radical (unpaired) electrons. The van der Waals surface area contributed by atoms with Gasteiger partial charge in [0.05, 0.1) is 0 Å². The zero-order valence-electron chi connectivity index (χ0n) is 7.61. The molecule has 0 aliphatic carbocycles. The van der Waals surface area contributed by atoms with Gasteiger partial charge in [0.2, 0.25) is 0 Å². The first-order valence-electron chi connectivity index (χ1n) is 1.85. The van der Waals surface area contributed by atoms with Crippen LogP contribution in [0.1, 0.15) is 0 Å². The molecule has 0 spiro atoms. The Hall–Kier alpha value is 2.19. The van der Waals surface area contributed by atoms with Crippen molar-refractivity contribution in [2.24, 2.45) is 11.5 Å². The number of rotatable bonds is 1. The molecule has 0 aliphatic rings. The molecule has 0 aromatic rings. The summed E-state index contributed by atoms with van der Waals surface area (Å²) in [6.45, 7) is 1.19. The van der Waals surface area contributed by atoms with Gasteiger partial charge in [-0.05, 0) is 0 Å². The van der Waals surface area contributed by atoms with Crippen LogP contribution in [0.4, 0.5) is 0 Å². The molecule has 0 fully saturated rings. The average molecular weight is 514 g/mol. The summed E-state index contributed by atoms with van der Waals surface area (Å²) in [5.41, 5.74) is 9.81. The van der Waals surface area contributed by atoms with E-state index in [9.17, 15) is 0 Å². The topological polar surface area (TPSA) is 236 Å². The number of nitrogens with two attached hydrogens (primary N) is 2. The van der Waals surface area contributed by atoms with E-state index in [4.69, 9.17) is 22.4 Å². The summed E-state index contributed by atoms with van der Waals surface area (Å²) in [6, 6.07) is 0. The van der Waals surface area contributed by atoms with Gasteiger partial charge in [-0.15, -0.1) is 0 Å². The van der Waals surface area contributed by atoms with E-state index >= 15 is 0 Å². The second kappa shape index (κ2) is 87.1. The second-order valence-corrected chi connectivity index (χ2v) is 1.94. The Kier molecular flexibility index (Phi) is 436. The van der Waals surface area contributed by atoms with Gasteiger partial charge in [0.1, 0.15) is 0 Å². The third kappa shape index (κ3) is 366. The quantitative estimate of drug-likeness (QED) is 0.250. The van der Waals surface area contributed by atoms with Crippen LogP contribution in [0, 0.1) is 0 Å². The molecule has 0 aliphatic heterocycles. The monoisotopic (exact) mass is 516 g/mol. The SMILES string of the molecule is NCCN.O.O.O.O.[Co+2].[Co].[Co].[Co].[O]=[Mo]([OH])[OH]. The standard InChI is InChI=1S/C2H8N2.4Co.Mo.6H2O.O/c3-1-2-4;;;;;;;;;;;;/h1-4H2;;;;;;6*1H2;/q;;;;2*+2;;;;;;;/p-2. The van der Waals surface area contributed by atoms with Crippen molar-refractivity contribution >= 4 is 0 Å². The van der Waals surface area contributed by atoms with Crippen LogP contribution in [0.25, 0.3) is 0 Å². The summed E-state index contributed by atoms with van der Waals surface area (Å²) in [5, 5.41) is 0. The van der Waals surface area contributed by atoms with Crippen LogP contribution in [-0.2, 0) is 88.5 Å². The van der Waals surface area contributed by atoms with Gasteiger partial charge in [0.15, 0.2) is 0 Å². The summed E-state index contributed by atoms with van der Waals surface area (Å²) in [5.74, 6) is 0. The predicted octanol–water partition coefficient (Wildman–Crippen LogP) is -5.64. The van der Waals surface area contributed by atoms with Crippen LogP contribution in [-0.4, -0.2) is 42.5 Å². The minimum absolute atomic E-state index is 0. The fraction of sp³-hybridized carbons (Fsp3) is 1.00. The Morgan fingerprint density at radius 2 is 0.875 bits per heavy atom. The number of hydrogen-bond donors (Lipinski definition) is 4.